The Hall–Kier alpha value is -0.830. The molecule has 16 heavy (non-hydrogen) atoms. The fraction of sp³-hybridized carbons (Fsp3) is 0.769. The maximum Gasteiger partial charge on any atom is 0.0630 e. The highest BCUT2D eigenvalue weighted by Crippen LogP contribution is 2.20. The zero-order valence-electron chi connectivity index (χ0n) is 11.2. The average Bonchev–Trinajstić information content (AvgIpc) is 2.64. The van der Waals surface area contributed by atoms with E-state index < -0.39 is 0 Å². The van der Waals surface area contributed by atoms with E-state index in [0.717, 1.165) is 19.4 Å². The first-order valence-electron chi connectivity index (χ1n) is 6.17. The van der Waals surface area contributed by atoms with E-state index in [0.29, 0.717) is 6.04 Å². The van der Waals surface area contributed by atoms with E-state index in [9.17, 15) is 0 Å². The molecule has 0 aliphatic heterocycles. The molecule has 0 aliphatic rings. The molecule has 0 bridgehead atoms. The molecule has 1 aromatic heterocycles. The van der Waals surface area contributed by atoms with Crippen molar-refractivity contribution in [3.8, 4) is 0 Å². The Morgan fingerprint density at radius 1 is 1.50 bits per heavy atom. The Morgan fingerprint density at radius 3 is 2.75 bits per heavy atom. The van der Waals surface area contributed by atoms with Gasteiger partial charge in [0.15, 0.2) is 0 Å². The average molecular weight is 223 g/mol. The lowest BCUT2D eigenvalue weighted by atomic mass is 9.88. The molecule has 1 aromatic rings. The molecule has 92 valence electrons. The zero-order valence-corrected chi connectivity index (χ0v) is 11.2. The number of nitrogens with zero attached hydrogens (tertiary/aromatic N) is 2. The Balaban J connectivity index is 2.65. The monoisotopic (exact) mass is 223 g/mol. The molecule has 1 unspecified atom stereocenters. The highest BCUT2D eigenvalue weighted by Gasteiger charge is 2.19. The molecule has 1 rings (SSSR count). The molecule has 0 aliphatic carbocycles. The maximum absolute atomic E-state index is 4.64. The van der Waals surface area contributed by atoms with Crippen molar-refractivity contribution in [2.24, 2.45) is 5.41 Å². The van der Waals surface area contributed by atoms with Crippen LogP contribution in [0.25, 0.3) is 0 Å². The summed E-state index contributed by atoms with van der Waals surface area (Å²) in [7, 11) is 2.00. The summed E-state index contributed by atoms with van der Waals surface area (Å²) in [6.45, 7) is 9.95. The minimum absolute atomic E-state index is 0.267. The maximum atomic E-state index is 4.64. The van der Waals surface area contributed by atoms with Crippen molar-refractivity contribution in [1.82, 2.24) is 15.1 Å². The predicted molar refractivity (Wildman–Crippen MR) is 68.6 cm³/mol. The summed E-state index contributed by atoms with van der Waals surface area (Å²) in [5, 5.41) is 7.87. The molecule has 0 saturated heterocycles. The zero-order chi connectivity index (χ0) is 12.2. The summed E-state index contributed by atoms with van der Waals surface area (Å²) < 4.78 is 2.07. The van der Waals surface area contributed by atoms with Gasteiger partial charge in [-0.1, -0.05) is 20.8 Å². The van der Waals surface area contributed by atoms with Crippen molar-refractivity contribution in [1.29, 1.82) is 0 Å². The summed E-state index contributed by atoms with van der Waals surface area (Å²) in [4.78, 5) is 0. The van der Waals surface area contributed by atoms with Crippen LogP contribution in [0.2, 0.25) is 0 Å². The summed E-state index contributed by atoms with van der Waals surface area (Å²) in [5.41, 5.74) is 1.46. The van der Waals surface area contributed by atoms with Crippen LogP contribution in [0.3, 0.4) is 0 Å². The van der Waals surface area contributed by atoms with Gasteiger partial charge in [-0.15, -0.1) is 0 Å². The largest absolute Gasteiger partial charge is 0.319 e. The van der Waals surface area contributed by atoms with E-state index in [4.69, 9.17) is 0 Å². The molecule has 0 radical (unpaired) electrons. The van der Waals surface area contributed by atoms with Gasteiger partial charge in [-0.2, -0.15) is 5.10 Å². The van der Waals surface area contributed by atoms with Crippen LogP contribution < -0.4 is 5.32 Å². The minimum Gasteiger partial charge on any atom is -0.319 e. The van der Waals surface area contributed by atoms with Gasteiger partial charge in [0.1, 0.15) is 0 Å². The van der Waals surface area contributed by atoms with Crippen molar-refractivity contribution in [3.63, 3.8) is 0 Å². The summed E-state index contributed by atoms with van der Waals surface area (Å²) >= 11 is 0. The van der Waals surface area contributed by atoms with Crippen LogP contribution in [-0.4, -0.2) is 23.4 Å². The highest BCUT2D eigenvalue weighted by molar-refractivity contribution is 5.03. The van der Waals surface area contributed by atoms with E-state index >= 15 is 0 Å². The van der Waals surface area contributed by atoms with E-state index in [1.54, 1.807) is 0 Å². The van der Waals surface area contributed by atoms with Crippen molar-refractivity contribution >= 4 is 0 Å². The quantitative estimate of drug-likeness (QED) is 0.803. The molecule has 0 aromatic carbocycles. The fourth-order valence-corrected chi connectivity index (χ4v) is 1.94. The molecular formula is C13H25N3. The first-order valence-corrected chi connectivity index (χ1v) is 6.17. The lowest BCUT2D eigenvalue weighted by Crippen LogP contribution is -2.28. The molecule has 3 heteroatoms. The standard InChI is InChI=1S/C13H25N3/c1-6-11(2)16-8-7-12(15-16)9-13(3,4)10-14-5/h7-8,11,14H,6,9-10H2,1-5H3. The first kappa shape index (κ1) is 13.2. The van der Waals surface area contributed by atoms with Gasteiger partial charge in [0.25, 0.3) is 0 Å². The summed E-state index contributed by atoms with van der Waals surface area (Å²) in [6.07, 6.45) is 4.25. The van der Waals surface area contributed by atoms with Crippen LogP contribution in [0.1, 0.15) is 45.9 Å². The Labute approximate surface area is 99.2 Å². The van der Waals surface area contributed by atoms with Gasteiger partial charge in [0, 0.05) is 18.8 Å². The number of hydrogen-bond acceptors (Lipinski definition) is 2. The van der Waals surface area contributed by atoms with Crippen LogP contribution >= 0.6 is 0 Å². The third-order valence-electron chi connectivity index (χ3n) is 3.02. The van der Waals surface area contributed by atoms with Gasteiger partial charge in [0.05, 0.1) is 5.69 Å². The van der Waals surface area contributed by atoms with Crippen LogP contribution in [0.15, 0.2) is 12.3 Å². The predicted octanol–water partition coefficient (Wildman–Crippen LogP) is 2.64. The SMILES string of the molecule is CCC(C)n1ccc(CC(C)(C)CNC)n1. The second-order valence-corrected chi connectivity index (χ2v) is 5.42. The van der Waals surface area contributed by atoms with E-state index in [1.807, 2.05) is 7.05 Å². The van der Waals surface area contributed by atoms with Gasteiger partial charge in [-0.05, 0) is 38.3 Å². The molecular weight excluding hydrogens is 198 g/mol. The minimum atomic E-state index is 0.267. The van der Waals surface area contributed by atoms with Crippen molar-refractivity contribution < 1.29 is 0 Å². The van der Waals surface area contributed by atoms with Crippen molar-refractivity contribution in [2.75, 3.05) is 13.6 Å². The van der Waals surface area contributed by atoms with Gasteiger partial charge in [0.2, 0.25) is 0 Å². The molecule has 1 atom stereocenters. The topological polar surface area (TPSA) is 29.9 Å². The van der Waals surface area contributed by atoms with Gasteiger partial charge in [-0.25, -0.2) is 0 Å². The lowest BCUT2D eigenvalue weighted by molar-refractivity contribution is 0.343. The molecule has 1 N–H and O–H groups in total. The number of rotatable bonds is 6. The smallest absolute Gasteiger partial charge is 0.0630 e. The molecule has 1 heterocycles. The molecule has 0 spiro atoms. The molecule has 3 nitrogen and oxygen atoms in total. The van der Waals surface area contributed by atoms with Crippen molar-refractivity contribution in [2.45, 2.75) is 46.6 Å². The Morgan fingerprint density at radius 2 is 2.19 bits per heavy atom. The third kappa shape index (κ3) is 3.63. The van der Waals surface area contributed by atoms with Crippen LogP contribution in [0, 0.1) is 5.41 Å². The van der Waals surface area contributed by atoms with E-state index in [-0.39, 0.29) is 5.41 Å². The van der Waals surface area contributed by atoms with E-state index in [2.05, 4.69) is 55.1 Å². The van der Waals surface area contributed by atoms with Gasteiger partial charge < -0.3 is 5.32 Å². The number of hydrogen-bond donors (Lipinski definition) is 1. The second-order valence-electron chi connectivity index (χ2n) is 5.42. The number of aromatic nitrogens is 2. The molecule has 0 fully saturated rings. The van der Waals surface area contributed by atoms with E-state index in [1.165, 1.54) is 5.69 Å². The summed E-state index contributed by atoms with van der Waals surface area (Å²) in [5.74, 6) is 0. The Bertz CT molecular complexity index is 315. The fourth-order valence-electron chi connectivity index (χ4n) is 1.94. The first-order chi connectivity index (χ1) is 7.48. The summed E-state index contributed by atoms with van der Waals surface area (Å²) in [6, 6.07) is 2.64. The highest BCUT2D eigenvalue weighted by atomic mass is 15.3. The van der Waals surface area contributed by atoms with Crippen molar-refractivity contribution in [3.05, 3.63) is 18.0 Å². The molecule has 0 saturated carbocycles. The van der Waals surface area contributed by atoms with Gasteiger partial charge in [-0.3, -0.25) is 4.68 Å². The number of nitrogens with one attached hydrogen (secondary N) is 1. The lowest BCUT2D eigenvalue weighted by Gasteiger charge is -2.22. The van der Waals surface area contributed by atoms with Crippen LogP contribution in [0.5, 0.6) is 0 Å². The second kappa shape index (κ2) is 5.48. The Kier molecular flexibility index (Phi) is 4.54. The normalized spacial score (nSPS) is 14.1. The van der Waals surface area contributed by atoms with Crippen LogP contribution in [0.4, 0.5) is 0 Å². The molecule has 0 amide bonds. The van der Waals surface area contributed by atoms with Gasteiger partial charge >= 0.3 is 0 Å². The third-order valence-corrected chi connectivity index (χ3v) is 3.02. The van der Waals surface area contributed by atoms with Crippen LogP contribution in [-0.2, 0) is 6.42 Å².